The molecule has 1 saturated heterocycles. The van der Waals surface area contributed by atoms with Gasteiger partial charge >= 0.3 is 12.1 Å². The number of anilines is 1. The Kier molecular flexibility index (Phi) is 11.0. The summed E-state index contributed by atoms with van der Waals surface area (Å²) < 4.78 is 23.5. The summed E-state index contributed by atoms with van der Waals surface area (Å²) in [5.74, 6) is 0.217. The number of benzene rings is 2. The lowest BCUT2D eigenvalue weighted by atomic mass is 9.93. The summed E-state index contributed by atoms with van der Waals surface area (Å²) in [5.41, 5.74) is 3.98. The van der Waals surface area contributed by atoms with Crippen LogP contribution in [0.1, 0.15) is 77.5 Å². The van der Waals surface area contributed by atoms with E-state index in [0.717, 1.165) is 28.4 Å². The van der Waals surface area contributed by atoms with E-state index in [4.69, 9.17) is 35.5 Å². The van der Waals surface area contributed by atoms with Crippen LogP contribution in [0, 0.1) is 5.92 Å². The van der Waals surface area contributed by atoms with Crippen molar-refractivity contribution in [2.24, 2.45) is 5.92 Å². The largest absolute Gasteiger partial charge is 0.487 e. The number of ether oxygens (including phenoxy) is 4. The minimum Gasteiger partial charge on any atom is -0.487 e. The maximum Gasteiger partial charge on any atom is 0.410 e. The second-order valence-corrected chi connectivity index (χ2v) is 15.9. The SMILES string of the molecule is CO[C@H]1CN(c2nc(-c3cccc(Cl)c3OCc3ccc4c(c3)CCN(C(=O)OC(C)(C)C)C[C@@H]4C)cs2)CC[C@H]1C(=O)OC(C)(C)C. The van der Waals surface area contributed by atoms with E-state index >= 15 is 0 Å². The molecular formula is C37H48ClN3O6S. The van der Waals surface area contributed by atoms with Gasteiger partial charge in [-0.1, -0.05) is 42.8 Å². The van der Waals surface area contributed by atoms with Crippen molar-refractivity contribution in [1.82, 2.24) is 9.88 Å². The second-order valence-electron chi connectivity index (χ2n) is 14.7. The number of fused-ring (bicyclic) bond motifs is 1. The van der Waals surface area contributed by atoms with Crippen LogP contribution in [-0.4, -0.2) is 72.5 Å². The summed E-state index contributed by atoms with van der Waals surface area (Å²) in [6.45, 7) is 16.2. The summed E-state index contributed by atoms with van der Waals surface area (Å²) in [4.78, 5) is 34.6. The first-order valence-corrected chi connectivity index (χ1v) is 17.8. The number of rotatable bonds is 7. The fraction of sp³-hybridized carbons (Fsp3) is 0.541. The molecule has 0 aliphatic carbocycles. The third kappa shape index (κ3) is 8.81. The summed E-state index contributed by atoms with van der Waals surface area (Å²) in [6, 6.07) is 12.1. The van der Waals surface area contributed by atoms with Crippen LogP contribution in [0.3, 0.4) is 0 Å². The van der Waals surface area contributed by atoms with Crippen molar-refractivity contribution >= 4 is 40.1 Å². The number of hydrogen-bond acceptors (Lipinski definition) is 9. The maximum atomic E-state index is 12.8. The Bertz CT molecular complexity index is 1610. The summed E-state index contributed by atoms with van der Waals surface area (Å²) in [6.07, 6.45) is 0.790. The van der Waals surface area contributed by atoms with E-state index in [1.165, 1.54) is 11.1 Å². The molecule has 48 heavy (non-hydrogen) atoms. The number of piperidine rings is 1. The molecule has 2 aliphatic heterocycles. The van der Waals surface area contributed by atoms with Crippen molar-refractivity contribution in [1.29, 1.82) is 0 Å². The number of carbonyl (C=O) groups is 2. The summed E-state index contributed by atoms with van der Waals surface area (Å²) in [5, 5.41) is 3.37. The number of hydrogen-bond donors (Lipinski definition) is 0. The van der Waals surface area contributed by atoms with Crippen molar-refractivity contribution in [3.63, 3.8) is 0 Å². The molecule has 9 nitrogen and oxygen atoms in total. The van der Waals surface area contributed by atoms with Crippen LogP contribution in [0.5, 0.6) is 5.75 Å². The molecule has 0 unspecified atom stereocenters. The van der Waals surface area contributed by atoms with Crippen LogP contribution in [-0.2, 0) is 32.0 Å². The van der Waals surface area contributed by atoms with Gasteiger partial charge in [-0.3, -0.25) is 4.79 Å². The number of amides is 1. The first-order chi connectivity index (χ1) is 22.6. The number of aromatic nitrogens is 1. The van der Waals surface area contributed by atoms with Gasteiger partial charge in [-0.25, -0.2) is 9.78 Å². The maximum absolute atomic E-state index is 12.8. The molecule has 0 bridgehead atoms. The van der Waals surface area contributed by atoms with Crippen LogP contribution in [0.15, 0.2) is 41.8 Å². The van der Waals surface area contributed by atoms with Crippen LogP contribution in [0.25, 0.3) is 11.3 Å². The van der Waals surface area contributed by atoms with E-state index < -0.39 is 11.2 Å². The van der Waals surface area contributed by atoms with Crippen molar-refractivity contribution in [2.45, 2.75) is 91.1 Å². The molecule has 260 valence electrons. The van der Waals surface area contributed by atoms with Gasteiger partial charge < -0.3 is 28.7 Å². The van der Waals surface area contributed by atoms with E-state index in [1.807, 2.05) is 70.0 Å². The highest BCUT2D eigenvalue weighted by Gasteiger charge is 2.38. The van der Waals surface area contributed by atoms with Crippen LogP contribution >= 0.6 is 22.9 Å². The van der Waals surface area contributed by atoms with Gasteiger partial charge in [0.15, 0.2) is 5.13 Å². The molecule has 2 aromatic carbocycles. The van der Waals surface area contributed by atoms with E-state index in [-0.39, 0.29) is 30.0 Å². The van der Waals surface area contributed by atoms with Gasteiger partial charge in [-0.15, -0.1) is 11.3 Å². The first-order valence-electron chi connectivity index (χ1n) is 16.6. The van der Waals surface area contributed by atoms with E-state index in [9.17, 15) is 9.59 Å². The highest BCUT2D eigenvalue weighted by molar-refractivity contribution is 7.14. The fourth-order valence-corrected chi connectivity index (χ4v) is 7.33. The molecular weight excluding hydrogens is 650 g/mol. The van der Waals surface area contributed by atoms with Gasteiger partial charge in [0.2, 0.25) is 0 Å². The third-order valence-electron chi connectivity index (χ3n) is 8.50. The van der Waals surface area contributed by atoms with Crippen LogP contribution in [0.4, 0.5) is 9.93 Å². The van der Waals surface area contributed by atoms with Gasteiger partial charge in [0.25, 0.3) is 0 Å². The Morgan fingerprint density at radius 3 is 2.48 bits per heavy atom. The average molecular weight is 698 g/mol. The third-order valence-corrected chi connectivity index (χ3v) is 9.69. The lowest BCUT2D eigenvalue weighted by molar-refractivity contribution is -0.165. The van der Waals surface area contributed by atoms with Crippen molar-refractivity contribution in [3.8, 4) is 17.0 Å². The Hall–Kier alpha value is -3.34. The molecule has 3 aromatic rings. The van der Waals surface area contributed by atoms with Crippen LogP contribution < -0.4 is 9.64 Å². The van der Waals surface area contributed by atoms with Crippen molar-refractivity contribution in [2.75, 3.05) is 38.2 Å². The Morgan fingerprint density at radius 2 is 1.77 bits per heavy atom. The Labute approximate surface area is 293 Å². The number of para-hydroxylation sites is 1. The molecule has 1 amide bonds. The van der Waals surface area contributed by atoms with Gasteiger partial charge in [0.05, 0.1) is 22.7 Å². The first kappa shape index (κ1) is 36.0. The zero-order chi connectivity index (χ0) is 34.8. The Balaban J connectivity index is 1.27. The van der Waals surface area contributed by atoms with E-state index in [2.05, 4.69) is 30.0 Å². The molecule has 2 aliphatic rings. The molecule has 0 spiro atoms. The van der Waals surface area contributed by atoms with Crippen LogP contribution in [0.2, 0.25) is 5.02 Å². The minimum atomic E-state index is -0.545. The van der Waals surface area contributed by atoms with E-state index in [0.29, 0.717) is 50.0 Å². The number of carbonyl (C=O) groups excluding carboxylic acids is 2. The normalized spacial score (nSPS) is 20.1. The number of esters is 1. The molecule has 3 atom stereocenters. The standard InChI is InChI=1S/C37H48ClN3O6S/c1-23-19-41(35(43)47-37(5,6)7)16-14-25-18-24(12-13-26(23)25)21-45-32-27(10-9-11-29(32)38)30-22-48-34(39-30)40-17-15-28(31(20-40)44-8)33(42)46-36(2,3)4/h9-13,18,22-23,28,31H,14-17,19-21H2,1-8H3/t23-,28+,31-/m0/s1. The quantitative estimate of drug-likeness (QED) is 0.229. The molecule has 1 fully saturated rings. The predicted molar refractivity (Wildman–Crippen MR) is 190 cm³/mol. The van der Waals surface area contributed by atoms with Gasteiger partial charge in [0, 0.05) is 44.2 Å². The molecule has 0 saturated carbocycles. The molecule has 0 radical (unpaired) electrons. The molecule has 5 rings (SSSR count). The molecule has 3 heterocycles. The Morgan fingerprint density at radius 1 is 1.02 bits per heavy atom. The summed E-state index contributed by atoms with van der Waals surface area (Å²) in [7, 11) is 1.64. The molecule has 11 heteroatoms. The van der Waals surface area contributed by atoms with Gasteiger partial charge in [-0.05, 0) is 89.1 Å². The zero-order valence-electron chi connectivity index (χ0n) is 29.3. The monoisotopic (exact) mass is 697 g/mol. The van der Waals surface area contributed by atoms with E-state index in [1.54, 1.807) is 18.4 Å². The highest BCUT2D eigenvalue weighted by atomic mass is 35.5. The topological polar surface area (TPSA) is 90.4 Å². The number of thiazole rings is 1. The number of nitrogens with zero attached hydrogens (tertiary/aromatic N) is 3. The summed E-state index contributed by atoms with van der Waals surface area (Å²) >= 11 is 8.25. The van der Waals surface area contributed by atoms with Gasteiger partial charge in [0.1, 0.15) is 23.6 Å². The predicted octanol–water partition coefficient (Wildman–Crippen LogP) is 8.12. The number of halogens is 1. The molecule has 0 N–H and O–H groups in total. The highest BCUT2D eigenvalue weighted by Crippen LogP contribution is 2.39. The minimum absolute atomic E-state index is 0.182. The fourth-order valence-electron chi connectivity index (χ4n) is 6.24. The second kappa shape index (κ2) is 14.6. The average Bonchev–Trinajstić information content (AvgIpc) is 3.44. The van der Waals surface area contributed by atoms with Gasteiger partial charge in [-0.2, -0.15) is 0 Å². The van der Waals surface area contributed by atoms with Crippen molar-refractivity contribution in [3.05, 3.63) is 63.5 Å². The molecule has 1 aromatic heterocycles. The number of methoxy groups -OCH3 is 1. The lowest BCUT2D eigenvalue weighted by Crippen LogP contribution is -2.49. The zero-order valence-corrected chi connectivity index (χ0v) is 30.9. The lowest BCUT2D eigenvalue weighted by Gasteiger charge is -2.37. The smallest absolute Gasteiger partial charge is 0.410 e. The van der Waals surface area contributed by atoms with Crippen molar-refractivity contribution < 1.29 is 28.5 Å².